The van der Waals surface area contributed by atoms with Crippen LogP contribution in [0, 0.1) is 0 Å². The second-order valence-corrected chi connectivity index (χ2v) is 3.64. The van der Waals surface area contributed by atoms with Gasteiger partial charge in [0.15, 0.2) is 0 Å². The molecule has 0 aromatic heterocycles. The zero-order valence-corrected chi connectivity index (χ0v) is 10.3. The highest BCUT2D eigenvalue weighted by molar-refractivity contribution is 5.67. The van der Waals surface area contributed by atoms with E-state index < -0.39 is 24.8 Å². The van der Waals surface area contributed by atoms with Gasteiger partial charge in [0.05, 0.1) is 26.9 Å². The number of hydrogen-bond donors (Lipinski definition) is 3. The van der Waals surface area contributed by atoms with Gasteiger partial charge in [-0.3, -0.25) is 0 Å². The molecule has 0 saturated heterocycles. The molecule has 1 aromatic rings. The number of methoxy groups -OCH3 is 2. The lowest BCUT2D eigenvalue weighted by Gasteiger charge is -2.22. The van der Waals surface area contributed by atoms with Crippen molar-refractivity contribution >= 4 is 6.09 Å². The van der Waals surface area contributed by atoms with Crippen molar-refractivity contribution in [1.82, 2.24) is 5.32 Å². The van der Waals surface area contributed by atoms with Gasteiger partial charge in [-0.1, -0.05) is 12.1 Å². The predicted octanol–water partition coefficient (Wildman–Crippen LogP) is 0.445. The van der Waals surface area contributed by atoms with Crippen LogP contribution in [0.1, 0.15) is 11.6 Å². The minimum atomic E-state index is -1.11. The average molecular weight is 255 g/mol. The van der Waals surface area contributed by atoms with Gasteiger partial charge in [0.1, 0.15) is 11.9 Å². The Hall–Kier alpha value is -1.79. The fourth-order valence-electron chi connectivity index (χ4n) is 1.50. The van der Waals surface area contributed by atoms with E-state index in [1.165, 1.54) is 7.11 Å². The van der Waals surface area contributed by atoms with Crippen LogP contribution in [0.5, 0.6) is 5.75 Å². The van der Waals surface area contributed by atoms with Gasteiger partial charge in [0.2, 0.25) is 0 Å². The number of nitrogens with one attached hydrogen (secondary N) is 1. The summed E-state index contributed by atoms with van der Waals surface area (Å²) in [6.07, 6.45) is -1.79. The molecule has 2 atom stereocenters. The molecule has 0 aliphatic heterocycles. The Labute approximate surface area is 105 Å². The maximum absolute atomic E-state index is 11.2. The largest absolute Gasteiger partial charge is 0.497 e. The smallest absolute Gasteiger partial charge is 0.407 e. The van der Waals surface area contributed by atoms with E-state index in [9.17, 15) is 9.90 Å². The van der Waals surface area contributed by atoms with Gasteiger partial charge in [-0.25, -0.2) is 4.79 Å². The third kappa shape index (κ3) is 3.61. The molecule has 100 valence electrons. The van der Waals surface area contributed by atoms with Gasteiger partial charge in [-0.2, -0.15) is 0 Å². The van der Waals surface area contributed by atoms with Crippen LogP contribution in [0.25, 0.3) is 0 Å². The highest BCUT2D eigenvalue weighted by Crippen LogP contribution is 2.20. The normalized spacial score (nSPS) is 13.6. The second kappa shape index (κ2) is 6.83. The van der Waals surface area contributed by atoms with E-state index in [2.05, 4.69) is 10.1 Å². The summed E-state index contributed by atoms with van der Waals surface area (Å²) >= 11 is 0. The molecule has 1 rings (SSSR count). The van der Waals surface area contributed by atoms with Crippen molar-refractivity contribution in [3.63, 3.8) is 0 Å². The fraction of sp³-hybridized carbons (Fsp3) is 0.417. The number of alkyl carbamates (subject to hydrolysis) is 1. The number of carbonyl (C=O) groups is 1. The van der Waals surface area contributed by atoms with E-state index in [-0.39, 0.29) is 0 Å². The Morgan fingerprint density at radius 2 is 1.94 bits per heavy atom. The molecule has 18 heavy (non-hydrogen) atoms. The first-order chi connectivity index (χ1) is 8.62. The summed E-state index contributed by atoms with van der Waals surface area (Å²) in [5, 5.41) is 21.1. The van der Waals surface area contributed by atoms with Crippen LogP contribution in [0.3, 0.4) is 0 Å². The van der Waals surface area contributed by atoms with Gasteiger partial charge in [0, 0.05) is 0 Å². The Morgan fingerprint density at radius 1 is 1.33 bits per heavy atom. The first kappa shape index (κ1) is 14.3. The lowest BCUT2D eigenvalue weighted by molar-refractivity contribution is 0.0602. The van der Waals surface area contributed by atoms with Crippen LogP contribution in [-0.4, -0.2) is 43.2 Å². The number of rotatable bonds is 5. The lowest BCUT2D eigenvalue weighted by atomic mass is 10.0. The van der Waals surface area contributed by atoms with Crippen molar-refractivity contribution in [2.75, 3.05) is 20.8 Å². The van der Waals surface area contributed by atoms with Crippen LogP contribution in [-0.2, 0) is 4.74 Å². The van der Waals surface area contributed by atoms with E-state index in [1.54, 1.807) is 31.4 Å². The van der Waals surface area contributed by atoms with E-state index in [1.807, 2.05) is 0 Å². The van der Waals surface area contributed by atoms with E-state index in [0.29, 0.717) is 11.3 Å². The topological polar surface area (TPSA) is 88.0 Å². The number of amides is 1. The monoisotopic (exact) mass is 255 g/mol. The Kier molecular flexibility index (Phi) is 5.41. The number of carbonyl (C=O) groups excluding carboxylic acids is 1. The second-order valence-electron chi connectivity index (χ2n) is 3.64. The van der Waals surface area contributed by atoms with Crippen molar-refractivity contribution in [3.05, 3.63) is 29.8 Å². The summed E-state index contributed by atoms with van der Waals surface area (Å²) < 4.78 is 9.49. The quantitative estimate of drug-likeness (QED) is 0.710. The summed E-state index contributed by atoms with van der Waals surface area (Å²) in [4.78, 5) is 11.2. The molecule has 0 bridgehead atoms. The summed E-state index contributed by atoms with van der Waals surface area (Å²) in [6, 6.07) is 6.04. The van der Waals surface area contributed by atoms with Crippen LogP contribution < -0.4 is 10.1 Å². The average Bonchev–Trinajstić information content (AvgIpc) is 2.43. The SMILES string of the molecule is COC(=O)N[C@H](c1ccc(OC)cc1)[C@@H](O)CO. The summed E-state index contributed by atoms with van der Waals surface area (Å²) in [6.45, 7) is -0.472. The fourth-order valence-corrected chi connectivity index (χ4v) is 1.50. The summed E-state index contributed by atoms with van der Waals surface area (Å²) in [7, 11) is 2.77. The van der Waals surface area contributed by atoms with Crippen LogP contribution in [0.4, 0.5) is 4.79 Å². The third-order valence-electron chi connectivity index (χ3n) is 2.51. The first-order valence-electron chi connectivity index (χ1n) is 5.39. The van der Waals surface area contributed by atoms with E-state index in [0.717, 1.165) is 0 Å². The molecule has 1 aromatic carbocycles. The Balaban J connectivity index is 2.90. The maximum atomic E-state index is 11.2. The van der Waals surface area contributed by atoms with Gasteiger partial charge in [-0.05, 0) is 17.7 Å². The molecular weight excluding hydrogens is 238 g/mol. The molecule has 0 saturated carbocycles. The molecule has 0 radical (unpaired) electrons. The third-order valence-corrected chi connectivity index (χ3v) is 2.51. The molecule has 6 nitrogen and oxygen atoms in total. The molecule has 3 N–H and O–H groups in total. The van der Waals surface area contributed by atoms with E-state index in [4.69, 9.17) is 9.84 Å². The molecule has 0 fully saturated rings. The molecule has 0 aliphatic carbocycles. The number of aliphatic hydroxyl groups excluding tert-OH is 2. The Bertz CT molecular complexity index is 379. The molecular formula is C12H17NO5. The van der Waals surface area contributed by atoms with E-state index >= 15 is 0 Å². The zero-order chi connectivity index (χ0) is 13.5. The molecule has 0 unspecified atom stereocenters. The van der Waals surface area contributed by atoms with Crippen LogP contribution >= 0.6 is 0 Å². The number of ether oxygens (including phenoxy) is 2. The molecule has 1 amide bonds. The lowest BCUT2D eigenvalue weighted by Crippen LogP contribution is -2.37. The minimum Gasteiger partial charge on any atom is -0.497 e. The van der Waals surface area contributed by atoms with Crippen LogP contribution in [0.2, 0.25) is 0 Å². The number of benzene rings is 1. The van der Waals surface area contributed by atoms with Crippen molar-refractivity contribution < 1.29 is 24.5 Å². The van der Waals surface area contributed by atoms with Crippen molar-refractivity contribution in [3.8, 4) is 5.75 Å². The highest BCUT2D eigenvalue weighted by Gasteiger charge is 2.22. The van der Waals surface area contributed by atoms with Gasteiger partial charge in [-0.15, -0.1) is 0 Å². The highest BCUT2D eigenvalue weighted by atomic mass is 16.5. The maximum Gasteiger partial charge on any atom is 0.407 e. The van der Waals surface area contributed by atoms with Crippen molar-refractivity contribution in [1.29, 1.82) is 0 Å². The number of aliphatic hydroxyl groups is 2. The molecule has 0 heterocycles. The van der Waals surface area contributed by atoms with Crippen molar-refractivity contribution in [2.45, 2.75) is 12.1 Å². The minimum absolute atomic E-state index is 0.472. The van der Waals surface area contributed by atoms with Gasteiger partial charge in [0.25, 0.3) is 0 Å². The summed E-state index contributed by atoms with van der Waals surface area (Å²) in [5.74, 6) is 0.661. The summed E-state index contributed by atoms with van der Waals surface area (Å²) in [5.41, 5.74) is 0.641. The van der Waals surface area contributed by atoms with Gasteiger partial charge >= 0.3 is 6.09 Å². The standard InChI is InChI=1S/C12H17NO5/c1-17-9-5-3-8(4-6-9)11(10(15)7-14)13-12(16)18-2/h3-6,10-11,14-15H,7H2,1-2H3,(H,13,16)/t10-,11+/m0/s1. The van der Waals surface area contributed by atoms with Gasteiger partial charge < -0.3 is 25.0 Å². The molecule has 6 heteroatoms. The number of hydrogen-bond acceptors (Lipinski definition) is 5. The van der Waals surface area contributed by atoms with Crippen molar-refractivity contribution in [2.24, 2.45) is 0 Å². The molecule has 0 spiro atoms. The first-order valence-corrected chi connectivity index (χ1v) is 5.39. The van der Waals surface area contributed by atoms with Crippen LogP contribution in [0.15, 0.2) is 24.3 Å². The molecule has 0 aliphatic rings. The Morgan fingerprint density at radius 3 is 2.39 bits per heavy atom. The predicted molar refractivity (Wildman–Crippen MR) is 64.4 cm³/mol. The zero-order valence-electron chi connectivity index (χ0n) is 10.3.